The zero-order valence-corrected chi connectivity index (χ0v) is 16.7. The normalized spacial score (nSPS) is 17.9. The molecule has 1 saturated heterocycles. The number of hydrogen-bond acceptors (Lipinski definition) is 8. The number of nitrogens with one attached hydrogen (secondary N) is 1. The number of ether oxygens (including phenoxy) is 4. The fraction of sp³-hybridized carbons (Fsp3) is 0.444. The average Bonchev–Trinajstić information content (AvgIpc) is 3.01. The highest BCUT2D eigenvalue weighted by Gasteiger charge is 2.28. The van der Waals surface area contributed by atoms with E-state index < -0.39 is 34.4 Å². The van der Waals surface area contributed by atoms with E-state index in [0.717, 1.165) is 6.08 Å². The van der Waals surface area contributed by atoms with Crippen molar-refractivity contribution < 1.29 is 37.0 Å². The van der Waals surface area contributed by atoms with E-state index in [-0.39, 0.29) is 11.5 Å². The summed E-state index contributed by atoms with van der Waals surface area (Å²) in [4.78, 5) is 23.6. The smallest absolute Gasteiger partial charge is 0.331 e. The van der Waals surface area contributed by atoms with Crippen LogP contribution >= 0.6 is 0 Å². The number of sulfone groups is 1. The lowest BCUT2D eigenvalue weighted by Gasteiger charge is -2.12. The summed E-state index contributed by atoms with van der Waals surface area (Å²) in [7, 11) is 1.35. The number of hydrogen-bond donors (Lipinski definition) is 1. The number of methoxy groups -OCH3 is 3. The van der Waals surface area contributed by atoms with Gasteiger partial charge in [0, 0.05) is 12.1 Å². The van der Waals surface area contributed by atoms with Crippen molar-refractivity contribution in [3.63, 3.8) is 0 Å². The fourth-order valence-electron chi connectivity index (χ4n) is 2.72. The molecule has 1 aliphatic rings. The second-order valence-electron chi connectivity index (χ2n) is 6.07. The Bertz CT molecular complexity index is 837. The van der Waals surface area contributed by atoms with Crippen molar-refractivity contribution in [2.75, 3.05) is 39.4 Å². The van der Waals surface area contributed by atoms with Gasteiger partial charge in [0.2, 0.25) is 5.75 Å². The summed E-state index contributed by atoms with van der Waals surface area (Å²) in [5.41, 5.74) is 0.604. The minimum Gasteiger partial charge on any atom is -0.493 e. The maximum atomic E-state index is 11.8. The molecule has 1 aliphatic heterocycles. The number of amides is 1. The lowest BCUT2D eigenvalue weighted by molar-refractivity contribution is -0.143. The molecule has 0 bridgehead atoms. The summed E-state index contributed by atoms with van der Waals surface area (Å²) in [6.07, 6.45) is 3.01. The summed E-state index contributed by atoms with van der Waals surface area (Å²) < 4.78 is 43.3. The Labute approximate surface area is 163 Å². The maximum absolute atomic E-state index is 11.8. The van der Waals surface area contributed by atoms with Crippen LogP contribution in [0.3, 0.4) is 0 Å². The molecular weight excluding hydrogens is 390 g/mol. The van der Waals surface area contributed by atoms with Crippen molar-refractivity contribution in [3.05, 3.63) is 23.8 Å². The molecule has 1 fully saturated rings. The SMILES string of the molecule is COc1cc(/C=C/C(=O)OCC(=O)N[C@@H]2CCS(=O)(=O)C2)cc(OC)c1OC. The molecule has 0 unspecified atom stereocenters. The average molecular weight is 413 g/mol. The van der Waals surface area contributed by atoms with Crippen LogP contribution in [-0.2, 0) is 24.2 Å². The van der Waals surface area contributed by atoms with Gasteiger partial charge in [0.15, 0.2) is 27.9 Å². The van der Waals surface area contributed by atoms with E-state index in [9.17, 15) is 18.0 Å². The Morgan fingerprint density at radius 3 is 2.29 bits per heavy atom. The highest BCUT2D eigenvalue weighted by atomic mass is 32.2. The van der Waals surface area contributed by atoms with Crippen molar-refractivity contribution in [1.82, 2.24) is 5.32 Å². The van der Waals surface area contributed by atoms with Gasteiger partial charge in [-0.3, -0.25) is 4.79 Å². The molecule has 0 radical (unpaired) electrons. The molecule has 154 valence electrons. The first-order chi connectivity index (χ1) is 13.3. The van der Waals surface area contributed by atoms with Crippen molar-refractivity contribution in [3.8, 4) is 17.2 Å². The predicted octanol–water partition coefficient (Wildman–Crippen LogP) is 0.572. The number of carbonyl (C=O) groups is 2. The number of benzene rings is 1. The summed E-state index contributed by atoms with van der Waals surface area (Å²) in [6, 6.07) is 2.86. The molecule has 1 heterocycles. The van der Waals surface area contributed by atoms with Crippen LogP contribution in [0.25, 0.3) is 6.08 Å². The number of rotatable bonds is 8. The van der Waals surface area contributed by atoms with Crippen LogP contribution in [0.5, 0.6) is 17.2 Å². The van der Waals surface area contributed by atoms with E-state index in [1.165, 1.54) is 27.4 Å². The van der Waals surface area contributed by atoms with Gasteiger partial charge < -0.3 is 24.3 Å². The molecule has 9 nitrogen and oxygen atoms in total. The minimum absolute atomic E-state index is 0.0509. The highest BCUT2D eigenvalue weighted by molar-refractivity contribution is 7.91. The molecule has 0 aromatic heterocycles. The lowest BCUT2D eigenvalue weighted by Crippen LogP contribution is -2.38. The van der Waals surface area contributed by atoms with E-state index >= 15 is 0 Å². The quantitative estimate of drug-likeness (QED) is 0.486. The molecule has 1 N–H and O–H groups in total. The molecule has 0 spiro atoms. The molecular formula is C18H23NO8S. The molecule has 1 amide bonds. The second-order valence-corrected chi connectivity index (χ2v) is 8.30. The molecule has 1 aromatic rings. The van der Waals surface area contributed by atoms with Gasteiger partial charge >= 0.3 is 5.97 Å². The minimum atomic E-state index is -3.09. The van der Waals surface area contributed by atoms with Crippen molar-refractivity contribution >= 4 is 27.8 Å². The van der Waals surface area contributed by atoms with E-state index in [4.69, 9.17) is 18.9 Å². The standard InChI is InChI=1S/C18H23NO8S/c1-24-14-8-12(9-15(25-2)18(14)26-3)4-5-17(21)27-10-16(20)19-13-6-7-28(22,23)11-13/h4-5,8-9,13H,6-7,10-11H2,1-3H3,(H,19,20)/b5-4+/t13-/m1/s1. The third-order valence-electron chi connectivity index (χ3n) is 4.04. The molecule has 1 atom stereocenters. The van der Waals surface area contributed by atoms with Crippen LogP contribution in [-0.4, -0.2) is 65.8 Å². The Morgan fingerprint density at radius 2 is 1.79 bits per heavy atom. The van der Waals surface area contributed by atoms with Crippen molar-refractivity contribution in [2.24, 2.45) is 0 Å². The third-order valence-corrected chi connectivity index (χ3v) is 5.81. The van der Waals surface area contributed by atoms with Crippen molar-refractivity contribution in [2.45, 2.75) is 12.5 Å². The zero-order valence-electron chi connectivity index (χ0n) is 15.9. The first kappa shape index (κ1) is 21.5. The summed E-state index contributed by atoms with van der Waals surface area (Å²) in [5.74, 6) is -0.0142. The second kappa shape index (κ2) is 9.45. The molecule has 1 aromatic carbocycles. The highest BCUT2D eigenvalue weighted by Crippen LogP contribution is 2.38. The Hall–Kier alpha value is -2.75. The lowest BCUT2D eigenvalue weighted by atomic mass is 10.1. The Kier molecular flexibility index (Phi) is 7.27. The van der Waals surface area contributed by atoms with E-state index in [0.29, 0.717) is 29.2 Å². The summed E-state index contributed by atoms with van der Waals surface area (Å²) in [5, 5.41) is 2.54. The van der Waals surface area contributed by atoms with Gasteiger partial charge in [-0.15, -0.1) is 0 Å². The van der Waals surface area contributed by atoms with Gasteiger partial charge in [0.25, 0.3) is 5.91 Å². The molecule has 2 rings (SSSR count). The molecule has 0 aliphatic carbocycles. The number of esters is 1. The molecule has 0 saturated carbocycles. The van der Waals surface area contributed by atoms with Gasteiger partial charge in [0.1, 0.15) is 0 Å². The van der Waals surface area contributed by atoms with E-state index in [2.05, 4.69) is 5.32 Å². The van der Waals surface area contributed by atoms with Gasteiger partial charge in [0.05, 0.1) is 32.8 Å². The molecule has 28 heavy (non-hydrogen) atoms. The van der Waals surface area contributed by atoms with Gasteiger partial charge in [-0.2, -0.15) is 0 Å². The van der Waals surface area contributed by atoms with E-state index in [1.54, 1.807) is 12.1 Å². The summed E-state index contributed by atoms with van der Waals surface area (Å²) in [6.45, 7) is -0.491. The van der Waals surface area contributed by atoms with Gasteiger partial charge in [-0.1, -0.05) is 0 Å². The Morgan fingerprint density at radius 1 is 1.14 bits per heavy atom. The van der Waals surface area contributed by atoms with Crippen LogP contribution in [0.1, 0.15) is 12.0 Å². The largest absolute Gasteiger partial charge is 0.493 e. The van der Waals surface area contributed by atoms with Crippen LogP contribution in [0.4, 0.5) is 0 Å². The van der Waals surface area contributed by atoms with Crippen LogP contribution < -0.4 is 19.5 Å². The van der Waals surface area contributed by atoms with Crippen molar-refractivity contribution in [1.29, 1.82) is 0 Å². The van der Waals surface area contributed by atoms with Crippen LogP contribution in [0.15, 0.2) is 18.2 Å². The van der Waals surface area contributed by atoms with Crippen LogP contribution in [0.2, 0.25) is 0 Å². The zero-order chi connectivity index (χ0) is 20.7. The molecule has 10 heteroatoms. The first-order valence-electron chi connectivity index (χ1n) is 8.42. The van der Waals surface area contributed by atoms with Crippen LogP contribution in [0, 0.1) is 0 Å². The van der Waals surface area contributed by atoms with Gasteiger partial charge in [-0.05, 0) is 30.2 Å². The van der Waals surface area contributed by atoms with E-state index in [1.807, 2.05) is 0 Å². The fourth-order valence-corrected chi connectivity index (χ4v) is 4.40. The predicted molar refractivity (Wildman–Crippen MR) is 101 cm³/mol. The summed E-state index contributed by atoms with van der Waals surface area (Å²) >= 11 is 0. The monoisotopic (exact) mass is 413 g/mol. The van der Waals surface area contributed by atoms with Gasteiger partial charge in [-0.25, -0.2) is 13.2 Å². The maximum Gasteiger partial charge on any atom is 0.331 e. The topological polar surface area (TPSA) is 117 Å². The third kappa shape index (κ3) is 5.88. The Balaban J connectivity index is 1.90. The first-order valence-corrected chi connectivity index (χ1v) is 10.2. The number of carbonyl (C=O) groups excluding carboxylic acids is 2.